The number of methoxy groups -OCH3 is 1. The van der Waals surface area contributed by atoms with Gasteiger partial charge in [-0.3, -0.25) is 0 Å². The SMILES string of the molecule is COc1ccc(C2C(C#N)=C(N)Oc3cc(C)oc(=O)c32)cc1COc1ccc(F)cc1F. The van der Waals surface area contributed by atoms with E-state index in [2.05, 4.69) is 0 Å². The Morgan fingerprint density at radius 2 is 1.91 bits per heavy atom. The number of aryl methyl sites for hydroxylation is 1. The zero-order chi connectivity index (χ0) is 23.7. The Balaban J connectivity index is 1.78. The highest BCUT2D eigenvalue weighted by Gasteiger charge is 2.34. The summed E-state index contributed by atoms with van der Waals surface area (Å²) in [4.78, 5) is 12.7. The summed E-state index contributed by atoms with van der Waals surface area (Å²) in [5.41, 5.74) is 6.51. The lowest BCUT2D eigenvalue weighted by atomic mass is 9.83. The van der Waals surface area contributed by atoms with Crippen molar-refractivity contribution in [2.75, 3.05) is 7.11 Å². The van der Waals surface area contributed by atoms with Crippen molar-refractivity contribution in [3.63, 3.8) is 0 Å². The summed E-state index contributed by atoms with van der Waals surface area (Å²) in [5.74, 6) is -1.73. The molecular weight excluding hydrogens is 434 g/mol. The van der Waals surface area contributed by atoms with E-state index in [0.717, 1.165) is 12.1 Å². The molecule has 0 saturated heterocycles. The maximum atomic E-state index is 14.0. The van der Waals surface area contributed by atoms with Crippen LogP contribution in [0, 0.1) is 29.9 Å². The van der Waals surface area contributed by atoms with E-state index in [-0.39, 0.29) is 35.1 Å². The van der Waals surface area contributed by atoms with Crippen molar-refractivity contribution in [1.82, 2.24) is 0 Å². The quantitative estimate of drug-likeness (QED) is 0.623. The monoisotopic (exact) mass is 452 g/mol. The molecule has 4 rings (SSSR count). The highest BCUT2D eigenvalue weighted by molar-refractivity contribution is 5.56. The summed E-state index contributed by atoms with van der Waals surface area (Å²) < 4.78 is 48.8. The summed E-state index contributed by atoms with van der Waals surface area (Å²) in [6, 6.07) is 11.5. The van der Waals surface area contributed by atoms with Gasteiger partial charge in [-0.2, -0.15) is 5.26 Å². The Labute approximate surface area is 187 Å². The summed E-state index contributed by atoms with van der Waals surface area (Å²) in [6.07, 6.45) is 0. The zero-order valence-corrected chi connectivity index (χ0v) is 17.6. The van der Waals surface area contributed by atoms with Crippen LogP contribution in [0.15, 0.2) is 63.1 Å². The number of hydrogen-bond donors (Lipinski definition) is 1. The van der Waals surface area contributed by atoms with Gasteiger partial charge in [0, 0.05) is 17.7 Å². The second-order valence-electron chi connectivity index (χ2n) is 7.28. The minimum absolute atomic E-state index is 0.0419. The first-order valence-electron chi connectivity index (χ1n) is 9.79. The van der Waals surface area contributed by atoms with E-state index in [1.54, 1.807) is 25.1 Å². The molecule has 9 heteroatoms. The normalized spacial score (nSPS) is 14.8. The van der Waals surface area contributed by atoms with Crippen LogP contribution in [-0.4, -0.2) is 7.11 Å². The fraction of sp³-hybridized carbons (Fsp3) is 0.167. The fourth-order valence-electron chi connectivity index (χ4n) is 3.69. The average molecular weight is 452 g/mol. The topological polar surface area (TPSA) is 108 Å². The van der Waals surface area contributed by atoms with Crippen molar-refractivity contribution in [3.8, 4) is 23.3 Å². The van der Waals surface area contributed by atoms with E-state index < -0.39 is 23.2 Å². The van der Waals surface area contributed by atoms with E-state index in [1.165, 1.54) is 19.2 Å². The van der Waals surface area contributed by atoms with Gasteiger partial charge in [-0.15, -0.1) is 0 Å². The van der Waals surface area contributed by atoms with Gasteiger partial charge in [0.05, 0.1) is 18.6 Å². The van der Waals surface area contributed by atoms with Gasteiger partial charge in [-0.05, 0) is 36.8 Å². The third-order valence-electron chi connectivity index (χ3n) is 5.17. The Bertz CT molecular complexity index is 1370. The summed E-state index contributed by atoms with van der Waals surface area (Å²) in [7, 11) is 1.46. The first kappa shape index (κ1) is 21.9. The lowest BCUT2D eigenvalue weighted by molar-refractivity contribution is 0.281. The van der Waals surface area contributed by atoms with Crippen LogP contribution in [-0.2, 0) is 6.61 Å². The molecule has 7 nitrogen and oxygen atoms in total. The molecule has 0 saturated carbocycles. The molecular formula is C24H18F2N2O5. The van der Waals surface area contributed by atoms with Gasteiger partial charge in [-0.25, -0.2) is 13.6 Å². The van der Waals surface area contributed by atoms with Crippen molar-refractivity contribution in [3.05, 3.63) is 98.4 Å². The molecule has 1 unspecified atom stereocenters. The number of allylic oxidation sites excluding steroid dienone is 1. The van der Waals surface area contributed by atoms with Crippen molar-refractivity contribution < 1.29 is 27.4 Å². The number of nitrogens with two attached hydrogens (primary N) is 1. The number of fused-ring (bicyclic) bond motifs is 1. The van der Waals surface area contributed by atoms with Crippen LogP contribution >= 0.6 is 0 Å². The van der Waals surface area contributed by atoms with E-state index in [9.17, 15) is 18.8 Å². The molecule has 0 aliphatic carbocycles. The minimum atomic E-state index is -0.859. The van der Waals surface area contributed by atoms with Crippen LogP contribution in [0.3, 0.4) is 0 Å². The number of halogens is 2. The molecule has 0 bridgehead atoms. The maximum absolute atomic E-state index is 14.0. The molecule has 1 aliphatic heterocycles. The van der Waals surface area contributed by atoms with Gasteiger partial charge in [0.2, 0.25) is 5.88 Å². The Morgan fingerprint density at radius 3 is 2.61 bits per heavy atom. The van der Waals surface area contributed by atoms with E-state index >= 15 is 0 Å². The number of benzene rings is 2. The van der Waals surface area contributed by atoms with Gasteiger partial charge >= 0.3 is 5.63 Å². The number of nitrogens with zero attached hydrogens (tertiary/aromatic N) is 1. The molecule has 33 heavy (non-hydrogen) atoms. The summed E-state index contributed by atoms with van der Waals surface area (Å²) >= 11 is 0. The molecule has 2 N–H and O–H groups in total. The first-order valence-corrected chi connectivity index (χ1v) is 9.79. The van der Waals surface area contributed by atoms with Crippen molar-refractivity contribution in [1.29, 1.82) is 5.26 Å². The smallest absolute Gasteiger partial charge is 0.343 e. The van der Waals surface area contributed by atoms with Crippen LogP contribution in [0.2, 0.25) is 0 Å². The van der Waals surface area contributed by atoms with E-state index in [1.807, 2.05) is 6.07 Å². The minimum Gasteiger partial charge on any atom is -0.496 e. The third kappa shape index (κ3) is 4.11. The van der Waals surface area contributed by atoms with Crippen molar-refractivity contribution in [2.24, 2.45) is 5.73 Å². The zero-order valence-electron chi connectivity index (χ0n) is 17.6. The Kier molecular flexibility index (Phi) is 5.75. The molecule has 0 amide bonds. The van der Waals surface area contributed by atoms with Crippen LogP contribution in [0.1, 0.15) is 28.4 Å². The Hall–Kier alpha value is -4.32. The molecule has 1 aromatic heterocycles. The largest absolute Gasteiger partial charge is 0.496 e. The summed E-state index contributed by atoms with van der Waals surface area (Å²) in [5, 5.41) is 9.72. The van der Waals surface area contributed by atoms with E-state index in [0.29, 0.717) is 22.6 Å². The van der Waals surface area contributed by atoms with Gasteiger partial charge in [-0.1, -0.05) is 6.07 Å². The highest BCUT2D eigenvalue weighted by atomic mass is 19.1. The number of rotatable bonds is 5. The highest BCUT2D eigenvalue weighted by Crippen LogP contribution is 2.41. The second kappa shape index (κ2) is 8.67. The van der Waals surface area contributed by atoms with Crippen molar-refractivity contribution >= 4 is 0 Å². The molecule has 0 radical (unpaired) electrons. The number of nitriles is 1. The van der Waals surface area contributed by atoms with Crippen molar-refractivity contribution in [2.45, 2.75) is 19.4 Å². The standard InChI is InChI=1S/C24H18F2N2O5/c1-12-7-20-22(24(29)32-12)21(16(10-27)23(28)33-20)13-3-5-18(30-2)14(8-13)11-31-19-6-4-15(25)9-17(19)26/h3-9,21H,11,28H2,1-2H3. The van der Waals surface area contributed by atoms with Crippen LogP contribution in [0.5, 0.6) is 17.2 Å². The maximum Gasteiger partial charge on any atom is 0.343 e. The molecule has 1 aliphatic rings. The van der Waals surface area contributed by atoms with Crippen LogP contribution in [0.4, 0.5) is 8.78 Å². The Morgan fingerprint density at radius 1 is 1.15 bits per heavy atom. The van der Waals surface area contributed by atoms with Gasteiger partial charge < -0.3 is 24.4 Å². The van der Waals surface area contributed by atoms with Gasteiger partial charge in [0.1, 0.15) is 41.3 Å². The molecule has 3 aromatic rings. The average Bonchev–Trinajstić information content (AvgIpc) is 2.77. The lowest BCUT2D eigenvalue weighted by Crippen LogP contribution is -2.26. The van der Waals surface area contributed by atoms with Gasteiger partial charge in [0.15, 0.2) is 11.6 Å². The van der Waals surface area contributed by atoms with Crippen LogP contribution < -0.4 is 25.6 Å². The lowest BCUT2D eigenvalue weighted by Gasteiger charge is -2.25. The molecule has 0 spiro atoms. The van der Waals surface area contributed by atoms with E-state index in [4.69, 9.17) is 24.4 Å². The second-order valence-corrected chi connectivity index (χ2v) is 7.28. The number of ether oxygens (including phenoxy) is 3. The first-order chi connectivity index (χ1) is 15.8. The predicted octanol–water partition coefficient (Wildman–Crippen LogP) is 4.03. The molecule has 2 aromatic carbocycles. The number of hydrogen-bond acceptors (Lipinski definition) is 7. The molecule has 0 fully saturated rings. The third-order valence-corrected chi connectivity index (χ3v) is 5.17. The molecule has 2 heterocycles. The molecule has 1 atom stereocenters. The van der Waals surface area contributed by atoms with Crippen LogP contribution in [0.25, 0.3) is 0 Å². The van der Waals surface area contributed by atoms with Gasteiger partial charge in [0.25, 0.3) is 0 Å². The molecule has 168 valence electrons. The fourth-order valence-corrected chi connectivity index (χ4v) is 3.69. The predicted molar refractivity (Wildman–Crippen MR) is 113 cm³/mol. The summed E-state index contributed by atoms with van der Waals surface area (Å²) in [6.45, 7) is 1.47.